The van der Waals surface area contributed by atoms with E-state index >= 15 is 0 Å². The van der Waals surface area contributed by atoms with Gasteiger partial charge in [0.15, 0.2) is 5.78 Å². The van der Waals surface area contributed by atoms with Crippen molar-refractivity contribution in [1.82, 2.24) is 0 Å². The first-order chi connectivity index (χ1) is 6.13. The van der Waals surface area contributed by atoms with Gasteiger partial charge in [-0.1, -0.05) is 40.0 Å². The third-order valence-corrected chi connectivity index (χ3v) is 1.25. The van der Waals surface area contributed by atoms with Crippen molar-refractivity contribution in [2.24, 2.45) is 5.73 Å². The summed E-state index contributed by atoms with van der Waals surface area (Å²) in [6.45, 7) is 12.7. The van der Waals surface area contributed by atoms with Gasteiger partial charge in [0, 0.05) is 17.7 Å². The molecule has 0 bridgehead atoms. The molecule has 2 nitrogen and oxygen atoms in total. The van der Waals surface area contributed by atoms with Crippen LogP contribution in [0.25, 0.3) is 0 Å². The third kappa shape index (κ3) is 5.91. The zero-order chi connectivity index (χ0) is 10.9. The molecule has 0 fully saturated rings. The maximum atomic E-state index is 11.1. The highest BCUT2D eigenvalue weighted by atomic mass is 16.1. The van der Waals surface area contributed by atoms with Crippen LogP contribution in [-0.2, 0) is 4.79 Å². The highest BCUT2D eigenvalue weighted by molar-refractivity contribution is 5.99. The fourth-order valence-electron chi connectivity index (χ4n) is 0.687. The summed E-state index contributed by atoms with van der Waals surface area (Å²) in [5.41, 5.74) is 6.13. The molecule has 2 N–H and O–H groups in total. The summed E-state index contributed by atoms with van der Waals surface area (Å²) < 4.78 is 0. The van der Waals surface area contributed by atoms with Crippen LogP contribution in [0, 0.1) is 0 Å². The smallest absolute Gasteiger partial charge is 0.164 e. The van der Waals surface area contributed by atoms with Gasteiger partial charge in [0.1, 0.15) is 0 Å². The molecule has 0 amide bonds. The van der Waals surface area contributed by atoms with Crippen LogP contribution < -0.4 is 5.73 Å². The van der Waals surface area contributed by atoms with Gasteiger partial charge in [-0.3, -0.25) is 4.79 Å². The van der Waals surface area contributed by atoms with Gasteiger partial charge < -0.3 is 5.73 Å². The first kappa shape index (κ1) is 14.2. The number of allylic oxidation sites excluding steroid dienone is 3. The van der Waals surface area contributed by atoms with E-state index in [1.807, 2.05) is 13.8 Å². The summed E-state index contributed by atoms with van der Waals surface area (Å²) in [6.07, 6.45) is 3.55. The Bertz CT molecular complexity index is 214. The van der Waals surface area contributed by atoms with Gasteiger partial charge in [0.05, 0.1) is 0 Å². The summed E-state index contributed by atoms with van der Waals surface area (Å²) in [6, 6.07) is 0. The second-order valence-electron chi connectivity index (χ2n) is 2.12. The van der Waals surface area contributed by atoms with E-state index < -0.39 is 0 Å². The van der Waals surface area contributed by atoms with E-state index in [0.717, 1.165) is 0 Å². The van der Waals surface area contributed by atoms with Gasteiger partial charge in [-0.15, -0.1) is 0 Å². The topological polar surface area (TPSA) is 43.1 Å². The average Bonchev–Trinajstić information content (AvgIpc) is 2.15. The number of carbonyl (C=O) groups excluding carboxylic acids is 1. The van der Waals surface area contributed by atoms with Crippen molar-refractivity contribution in [1.29, 1.82) is 0 Å². The normalized spacial score (nSPS) is 9.62. The summed E-state index contributed by atoms with van der Waals surface area (Å²) in [5, 5.41) is 0. The Balaban J connectivity index is 0. The Morgan fingerprint density at radius 3 is 2.15 bits per heavy atom. The van der Waals surface area contributed by atoms with Crippen LogP contribution in [0.3, 0.4) is 0 Å². The van der Waals surface area contributed by atoms with Crippen molar-refractivity contribution >= 4 is 5.78 Å². The van der Waals surface area contributed by atoms with Crippen molar-refractivity contribution in [3.8, 4) is 0 Å². The Hall–Kier alpha value is -1.31. The van der Waals surface area contributed by atoms with Crippen LogP contribution in [0.2, 0.25) is 0 Å². The molecule has 0 aliphatic heterocycles. The lowest BCUT2D eigenvalue weighted by atomic mass is 10.1. The van der Waals surface area contributed by atoms with E-state index in [0.29, 0.717) is 17.7 Å². The third-order valence-electron chi connectivity index (χ3n) is 1.25. The lowest BCUT2D eigenvalue weighted by molar-refractivity contribution is -0.115. The van der Waals surface area contributed by atoms with Crippen LogP contribution in [0.4, 0.5) is 0 Å². The van der Waals surface area contributed by atoms with Gasteiger partial charge in [-0.25, -0.2) is 0 Å². The lowest BCUT2D eigenvalue weighted by Crippen LogP contribution is -2.08. The molecule has 74 valence electrons. The molecule has 0 aliphatic carbocycles. The fourth-order valence-corrected chi connectivity index (χ4v) is 0.687. The van der Waals surface area contributed by atoms with Crippen LogP contribution >= 0.6 is 0 Å². The summed E-state index contributed by atoms with van der Waals surface area (Å²) >= 11 is 0. The van der Waals surface area contributed by atoms with Crippen LogP contribution in [-0.4, -0.2) is 5.78 Å². The molecule has 2 heteroatoms. The molecule has 0 radical (unpaired) electrons. The van der Waals surface area contributed by atoms with Crippen molar-refractivity contribution < 1.29 is 4.79 Å². The predicted octanol–water partition coefficient (Wildman–Crippen LogP) is 2.58. The van der Waals surface area contributed by atoms with Gasteiger partial charge in [0.25, 0.3) is 0 Å². The summed E-state index contributed by atoms with van der Waals surface area (Å²) in [5.74, 6) is -0.00241. The van der Waals surface area contributed by atoms with Crippen LogP contribution in [0.5, 0.6) is 0 Å². The summed E-state index contributed by atoms with van der Waals surface area (Å²) in [7, 11) is 0. The molecular formula is C11H19NO. The molecule has 0 saturated carbocycles. The molecule has 0 spiro atoms. The van der Waals surface area contributed by atoms with Crippen molar-refractivity contribution in [3.05, 3.63) is 36.6 Å². The Kier molecular flexibility index (Phi) is 9.61. The van der Waals surface area contributed by atoms with Gasteiger partial charge in [0.2, 0.25) is 0 Å². The highest BCUT2D eigenvalue weighted by Crippen LogP contribution is 2.05. The number of nitrogens with two attached hydrogens (primary N) is 1. The van der Waals surface area contributed by atoms with Gasteiger partial charge in [-0.2, -0.15) is 0 Å². The molecule has 0 aromatic carbocycles. The first-order valence-corrected chi connectivity index (χ1v) is 4.44. The molecule has 0 rings (SSSR count). The number of hydrogen-bond acceptors (Lipinski definition) is 2. The molecule has 0 aliphatic rings. The molecule has 0 saturated heterocycles. The van der Waals surface area contributed by atoms with Crippen molar-refractivity contribution in [2.75, 3.05) is 0 Å². The monoisotopic (exact) mass is 181 g/mol. The molecule has 0 unspecified atom stereocenters. The number of hydrogen-bond donors (Lipinski definition) is 1. The Morgan fingerprint density at radius 1 is 1.46 bits per heavy atom. The quantitative estimate of drug-likeness (QED) is 0.535. The SMILES string of the molecule is C=C/C=C(\C(=C)N)C(=O)CC.CC. The van der Waals surface area contributed by atoms with E-state index in [1.54, 1.807) is 13.0 Å². The standard InChI is InChI=1S/C9H13NO.C2H6/c1-4-6-8(7(3)10)9(11)5-2;1-2/h4,6H,1,3,5,10H2,2H3;1-2H3/b8-6+;. The second-order valence-corrected chi connectivity index (χ2v) is 2.12. The highest BCUT2D eigenvalue weighted by Gasteiger charge is 2.06. The molecular weight excluding hydrogens is 162 g/mol. The maximum absolute atomic E-state index is 11.1. The van der Waals surface area contributed by atoms with Crippen molar-refractivity contribution in [2.45, 2.75) is 27.2 Å². The lowest BCUT2D eigenvalue weighted by Gasteiger charge is -2.01. The fraction of sp³-hybridized carbons (Fsp3) is 0.364. The van der Waals surface area contributed by atoms with E-state index in [2.05, 4.69) is 13.2 Å². The predicted molar refractivity (Wildman–Crippen MR) is 58.3 cm³/mol. The molecule has 0 aromatic rings. The minimum Gasteiger partial charge on any atom is -0.399 e. The number of rotatable bonds is 4. The van der Waals surface area contributed by atoms with E-state index in [9.17, 15) is 4.79 Å². The number of carbonyl (C=O) groups is 1. The molecule has 0 heterocycles. The van der Waals surface area contributed by atoms with Gasteiger partial charge >= 0.3 is 0 Å². The van der Waals surface area contributed by atoms with Crippen LogP contribution in [0.1, 0.15) is 27.2 Å². The van der Waals surface area contributed by atoms with Crippen LogP contribution in [0.15, 0.2) is 36.6 Å². The van der Waals surface area contributed by atoms with E-state index in [4.69, 9.17) is 5.73 Å². The average molecular weight is 181 g/mol. The largest absolute Gasteiger partial charge is 0.399 e. The first-order valence-electron chi connectivity index (χ1n) is 4.44. The minimum absolute atomic E-state index is 0.00241. The minimum atomic E-state index is -0.00241. The van der Waals surface area contributed by atoms with E-state index in [1.165, 1.54) is 6.08 Å². The zero-order valence-corrected chi connectivity index (χ0v) is 8.76. The summed E-state index contributed by atoms with van der Waals surface area (Å²) in [4.78, 5) is 11.1. The second kappa shape index (κ2) is 8.78. The van der Waals surface area contributed by atoms with E-state index in [-0.39, 0.29) is 5.78 Å². The zero-order valence-electron chi connectivity index (χ0n) is 8.76. The molecule has 0 aromatic heterocycles. The molecule has 13 heavy (non-hydrogen) atoms. The number of Topliss-reactive ketones (excluding diaryl/α,β-unsaturated/α-hetero) is 1. The Morgan fingerprint density at radius 2 is 1.92 bits per heavy atom. The van der Waals surface area contributed by atoms with Gasteiger partial charge in [-0.05, 0) is 6.08 Å². The Labute approximate surface area is 80.8 Å². The number of ketones is 1. The maximum Gasteiger partial charge on any atom is 0.164 e. The molecule has 0 atom stereocenters. The van der Waals surface area contributed by atoms with Crippen molar-refractivity contribution in [3.63, 3.8) is 0 Å².